The van der Waals surface area contributed by atoms with Gasteiger partial charge in [-0.25, -0.2) is 4.79 Å². The van der Waals surface area contributed by atoms with Crippen LogP contribution in [0.2, 0.25) is 0 Å². The fourth-order valence-electron chi connectivity index (χ4n) is 1.85. The van der Waals surface area contributed by atoms with Crippen LogP contribution in [0.4, 0.5) is 13.2 Å². The number of hydrogen-bond acceptors (Lipinski definition) is 3. The molecule has 120 valence electrons. The first-order chi connectivity index (χ1) is 10.9. The average molecular weight is 321 g/mol. The van der Waals surface area contributed by atoms with Crippen LogP contribution in [-0.4, -0.2) is 11.7 Å². The third kappa shape index (κ3) is 4.42. The SMILES string of the molecule is CCC(=O)ON=C(c1ccccc1)c1ccc(C(F)(F)F)cc1. The molecule has 0 amide bonds. The van der Waals surface area contributed by atoms with Crippen molar-refractivity contribution in [3.8, 4) is 0 Å². The van der Waals surface area contributed by atoms with E-state index in [9.17, 15) is 18.0 Å². The van der Waals surface area contributed by atoms with Crippen molar-refractivity contribution in [3.05, 3.63) is 71.3 Å². The van der Waals surface area contributed by atoms with Gasteiger partial charge in [-0.05, 0) is 12.1 Å². The average Bonchev–Trinajstić information content (AvgIpc) is 2.55. The Kier molecular flexibility index (Phi) is 5.16. The second-order valence-electron chi connectivity index (χ2n) is 4.70. The molecule has 3 nitrogen and oxygen atoms in total. The van der Waals surface area contributed by atoms with Crippen molar-refractivity contribution in [1.29, 1.82) is 0 Å². The number of carbonyl (C=O) groups is 1. The molecule has 0 aliphatic heterocycles. The molecule has 0 fully saturated rings. The lowest BCUT2D eigenvalue weighted by atomic mass is 10.0. The van der Waals surface area contributed by atoms with Gasteiger partial charge in [0.15, 0.2) is 0 Å². The van der Waals surface area contributed by atoms with Crippen LogP contribution in [0.15, 0.2) is 59.8 Å². The molecule has 0 aliphatic carbocycles. The van der Waals surface area contributed by atoms with E-state index in [1.807, 2.05) is 0 Å². The molecule has 23 heavy (non-hydrogen) atoms. The number of halogens is 3. The predicted octanol–water partition coefficient (Wildman–Crippen LogP) is 4.41. The van der Waals surface area contributed by atoms with Crippen LogP contribution in [0.5, 0.6) is 0 Å². The summed E-state index contributed by atoms with van der Waals surface area (Å²) in [5, 5.41) is 3.81. The lowest BCUT2D eigenvalue weighted by molar-refractivity contribution is -0.143. The molecule has 0 N–H and O–H groups in total. The predicted molar refractivity (Wildman–Crippen MR) is 79.9 cm³/mol. The summed E-state index contributed by atoms with van der Waals surface area (Å²) in [6.45, 7) is 1.62. The summed E-state index contributed by atoms with van der Waals surface area (Å²) < 4.78 is 37.9. The number of rotatable bonds is 4. The highest BCUT2D eigenvalue weighted by Gasteiger charge is 2.30. The van der Waals surface area contributed by atoms with Crippen LogP contribution in [-0.2, 0) is 15.8 Å². The van der Waals surface area contributed by atoms with Crippen molar-refractivity contribution in [2.45, 2.75) is 19.5 Å². The van der Waals surface area contributed by atoms with E-state index in [1.165, 1.54) is 12.1 Å². The van der Waals surface area contributed by atoms with E-state index in [0.717, 1.165) is 12.1 Å². The van der Waals surface area contributed by atoms with Crippen molar-refractivity contribution in [1.82, 2.24) is 0 Å². The van der Waals surface area contributed by atoms with E-state index < -0.39 is 17.7 Å². The Morgan fingerprint density at radius 3 is 2.09 bits per heavy atom. The molecule has 0 saturated carbocycles. The minimum Gasteiger partial charge on any atom is -0.318 e. The second kappa shape index (κ2) is 7.09. The molecule has 0 aliphatic rings. The van der Waals surface area contributed by atoms with Gasteiger partial charge < -0.3 is 4.84 Å². The molecule has 0 saturated heterocycles. The fraction of sp³-hybridized carbons (Fsp3) is 0.176. The Bertz CT molecular complexity index is 692. The molecule has 0 bridgehead atoms. The van der Waals surface area contributed by atoms with Gasteiger partial charge in [-0.3, -0.25) is 0 Å². The van der Waals surface area contributed by atoms with Crippen LogP contribution >= 0.6 is 0 Å². The molecule has 0 radical (unpaired) electrons. The topological polar surface area (TPSA) is 38.7 Å². The van der Waals surface area contributed by atoms with Gasteiger partial charge in [-0.1, -0.05) is 54.5 Å². The molecule has 6 heteroatoms. The maximum absolute atomic E-state index is 12.6. The standard InChI is InChI=1S/C17H14F3NO2/c1-2-15(22)23-21-16(12-6-4-3-5-7-12)13-8-10-14(11-9-13)17(18,19)20/h3-11H,2H2,1H3. The number of nitrogens with zero attached hydrogens (tertiary/aromatic N) is 1. The van der Waals surface area contributed by atoms with Gasteiger partial charge in [0.25, 0.3) is 0 Å². The summed E-state index contributed by atoms with van der Waals surface area (Å²) in [5.74, 6) is -0.523. The van der Waals surface area contributed by atoms with Gasteiger partial charge in [0.05, 0.1) is 5.56 Å². The maximum atomic E-state index is 12.6. The number of carbonyl (C=O) groups excluding carboxylic acids is 1. The fourth-order valence-corrected chi connectivity index (χ4v) is 1.85. The Hall–Kier alpha value is -2.63. The highest BCUT2D eigenvalue weighted by atomic mass is 19.4. The van der Waals surface area contributed by atoms with E-state index >= 15 is 0 Å². The number of alkyl halides is 3. The van der Waals surface area contributed by atoms with Crippen LogP contribution in [0, 0.1) is 0 Å². The zero-order chi connectivity index (χ0) is 16.9. The highest BCUT2D eigenvalue weighted by molar-refractivity contribution is 6.12. The van der Waals surface area contributed by atoms with Gasteiger partial charge in [0.1, 0.15) is 5.71 Å². The first kappa shape index (κ1) is 16.7. The summed E-state index contributed by atoms with van der Waals surface area (Å²) in [4.78, 5) is 16.1. The number of oxime groups is 1. The molecule has 0 heterocycles. The van der Waals surface area contributed by atoms with Crippen LogP contribution in [0.1, 0.15) is 30.0 Å². The normalized spacial score (nSPS) is 12.1. The molecular weight excluding hydrogens is 307 g/mol. The quantitative estimate of drug-likeness (QED) is 0.475. The molecule has 0 unspecified atom stereocenters. The van der Waals surface area contributed by atoms with Crippen molar-refractivity contribution in [2.24, 2.45) is 5.16 Å². The Labute approximate surface area is 131 Å². The minimum absolute atomic E-state index is 0.151. The highest BCUT2D eigenvalue weighted by Crippen LogP contribution is 2.29. The second-order valence-corrected chi connectivity index (χ2v) is 4.70. The van der Waals surface area contributed by atoms with Crippen molar-refractivity contribution >= 4 is 11.7 Å². The largest absolute Gasteiger partial charge is 0.416 e. The lowest BCUT2D eigenvalue weighted by Crippen LogP contribution is -2.09. The van der Waals surface area contributed by atoms with Gasteiger partial charge >= 0.3 is 12.1 Å². The molecule has 0 atom stereocenters. The summed E-state index contributed by atoms with van der Waals surface area (Å²) in [7, 11) is 0. The summed E-state index contributed by atoms with van der Waals surface area (Å²) in [5.41, 5.74) is 0.601. The first-order valence-electron chi connectivity index (χ1n) is 6.92. The number of hydrogen-bond donors (Lipinski definition) is 0. The van der Waals surface area contributed by atoms with Gasteiger partial charge in [0, 0.05) is 17.5 Å². The van der Waals surface area contributed by atoms with Gasteiger partial charge in [0.2, 0.25) is 0 Å². The first-order valence-corrected chi connectivity index (χ1v) is 6.92. The monoisotopic (exact) mass is 321 g/mol. The molecule has 2 aromatic rings. The zero-order valence-electron chi connectivity index (χ0n) is 12.3. The van der Waals surface area contributed by atoms with Crippen molar-refractivity contribution in [2.75, 3.05) is 0 Å². The maximum Gasteiger partial charge on any atom is 0.416 e. The molecule has 0 aromatic heterocycles. The Balaban J connectivity index is 2.40. The molecule has 0 spiro atoms. The Morgan fingerprint density at radius 1 is 1.00 bits per heavy atom. The van der Waals surface area contributed by atoms with Crippen LogP contribution < -0.4 is 0 Å². The summed E-state index contributed by atoms with van der Waals surface area (Å²) in [6, 6.07) is 13.3. The lowest BCUT2D eigenvalue weighted by Gasteiger charge is -2.09. The zero-order valence-corrected chi connectivity index (χ0v) is 12.3. The van der Waals surface area contributed by atoms with Gasteiger partial charge in [-0.15, -0.1) is 0 Å². The minimum atomic E-state index is -4.41. The molecule has 2 aromatic carbocycles. The van der Waals surface area contributed by atoms with Crippen molar-refractivity contribution in [3.63, 3.8) is 0 Å². The van der Waals surface area contributed by atoms with E-state index in [1.54, 1.807) is 37.3 Å². The third-order valence-electron chi connectivity index (χ3n) is 3.06. The third-order valence-corrected chi connectivity index (χ3v) is 3.06. The van der Waals surface area contributed by atoms with Crippen molar-refractivity contribution < 1.29 is 22.8 Å². The van der Waals surface area contributed by atoms with E-state index in [4.69, 9.17) is 4.84 Å². The number of benzene rings is 2. The molecular formula is C17H14F3NO2. The van der Waals surface area contributed by atoms with E-state index in [2.05, 4.69) is 5.16 Å². The van der Waals surface area contributed by atoms with Crippen LogP contribution in [0.3, 0.4) is 0 Å². The molecule has 2 rings (SSSR count). The van der Waals surface area contributed by atoms with E-state index in [0.29, 0.717) is 16.8 Å². The van der Waals surface area contributed by atoms with Gasteiger partial charge in [-0.2, -0.15) is 13.2 Å². The smallest absolute Gasteiger partial charge is 0.318 e. The summed E-state index contributed by atoms with van der Waals surface area (Å²) >= 11 is 0. The Morgan fingerprint density at radius 2 is 1.57 bits per heavy atom. The summed E-state index contributed by atoms with van der Waals surface area (Å²) in [6.07, 6.45) is -4.25. The van der Waals surface area contributed by atoms with E-state index in [-0.39, 0.29) is 6.42 Å². The van der Waals surface area contributed by atoms with Crippen LogP contribution in [0.25, 0.3) is 0 Å².